The largest absolute Gasteiger partial charge is 0.497 e. The van der Waals surface area contributed by atoms with E-state index in [4.69, 9.17) is 4.74 Å². The fourth-order valence-corrected chi connectivity index (χ4v) is 4.25. The van der Waals surface area contributed by atoms with E-state index in [1.165, 1.54) is 43.9 Å². The monoisotopic (exact) mass is 374 g/mol. The van der Waals surface area contributed by atoms with Crippen LogP contribution in [0.4, 0.5) is 0 Å². The summed E-state index contributed by atoms with van der Waals surface area (Å²) in [5.74, 6) is 2.07. The fourth-order valence-electron chi connectivity index (χ4n) is 3.37. The van der Waals surface area contributed by atoms with Gasteiger partial charge in [-0.3, -0.25) is 4.79 Å². The zero-order valence-electron chi connectivity index (χ0n) is 15.4. The highest BCUT2D eigenvalue weighted by Gasteiger charge is 2.21. The third-order valence-corrected chi connectivity index (χ3v) is 5.67. The summed E-state index contributed by atoms with van der Waals surface area (Å²) < 4.78 is 7.43. The minimum atomic E-state index is -0.00586. The summed E-state index contributed by atoms with van der Waals surface area (Å²) in [4.78, 5) is 12.2. The van der Waals surface area contributed by atoms with Gasteiger partial charge >= 0.3 is 0 Å². The van der Waals surface area contributed by atoms with Gasteiger partial charge in [-0.05, 0) is 37.5 Å². The molecule has 7 heteroatoms. The highest BCUT2D eigenvalue weighted by atomic mass is 32.2. The van der Waals surface area contributed by atoms with Crippen LogP contribution in [0.2, 0.25) is 0 Å². The van der Waals surface area contributed by atoms with Crippen molar-refractivity contribution in [3.8, 4) is 5.75 Å². The van der Waals surface area contributed by atoms with E-state index in [0.717, 1.165) is 22.3 Å². The van der Waals surface area contributed by atoms with Crippen LogP contribution in [0.25, 0.3) is 0 Å². The molecule has 1 N–H and O–H groups in total. The highest BCUT2D eigenvalue weighted by molar-refractivity contribution is 7.99. The Morgan fingerprint density at radius 3 is 2.88 bits per heavy atom. The van der Waals surface area contributed by atoms with E-state index in [9.17, 15) is 4.79 Å². The zero-order chi connectivity index (χ0) is 18.4. The van der Waals surface area contributed by atoms with Crippen LogP contribution in [0.15, 0.2) is 29.4 Å². The van der Waals surface area contributed by atoms with Gasteiger partial charge in [0.15, 0.2) is 5.16 Å². The van der Waals surface area contributed by atoms with Crippen LogP contribution < -0.4 is 10.1 Å². The van der Waals surface area contributed by atoms with E-state index in [0.29, 0.717) is 18.3 Å². The molecule has 0 saturated heterocycles. The second kappa shape index (κ2) is 9.07. The van der Waals surface area contributed by atoms with Crippen LogP contribution in [0, 0.1) is 6.92 Å². The average Bonchev–Trinajstić information content (AvgIpc) is 3.06. The maximum atomic E-state index is 12.2. The predicted molar refractivity (Wildman–Crippen MR) is 102 cm³/mol. The standard InChI is InChI=1S/C19H26N4O2S/c1-14-21-22-19(23(14)16-8-4-3-5-9-16)26-13-18(24)20-12-15-7-6-10-17(11-15)25-2/h6-7,10-11,16H,3-5,8-9,12-13H2,1-2H3,(H,20,24). The molecular formula is C19H26N4O2S. The first kappa shape index (κ1) is 18.8. The Morgan fingerprint density at radius 2 is 2.12 bits per heavy atom. The Hall–Kier alpha value is -2.02. The third-order valence-electron chi connectivity index (χ3n) is 4.73. The number of nitrogens with zero attached hydrogens (tertiary/aromatic N) is 3. The van der Waals surface area contributed by atoms with Gasteiger partial charge in [-0.1, -0.05) is 43.2 Å². The van der Waals surface area contributed by atoms with Crippen molar-refractivity contribution < 1.29 is 9.53 Å². The number of hydrogen-bond donors (Lipinski definition) is 1. The smallest absolute Gasteiger partial charge is 0.230 e. The molecule has 140 valence electrons. The Morgan fingerprint density at radius 1 is 1.31 bits per heavy atom. The molecule has 0 atom stereocenters. The maximum absolute atomic E-state index is 12.2. The molecule has 0 bridgehead atoms. The van der Waals surface area contributed by atoms with Gasteiger partial charge in [0.1, 0.15) is 11.6 Å². The molecule has 2 aromatic rings. The molecule has 1 aliphatic rings. The second-order valence-corrected chi connectivity index (χ2v) is 7.55. The second-order valence-electron chi connectivity index (χ2n) is 6.61. The summed E-state index contributed by atoms with van der Waals surface area (Å²) in [6.45, 7) is 2.49. The number of thioether (sulfide) groups is 1. The first-order valence-corrected chi connectivity index (χ1v) is 10.1. The zero-order valence-corrected chi connectivity index (χ0v) is 16.2. The van der Waals surface area contributed by atoms with Crippen molar-refractivity contribution in [1.82, 2.24) is 20.1 Å². The summed E-state index contributed by atoms with van der Waals surface area (Å²) in [5.41, 5.74) is 1.02. The Bertz CT molecular complexity index is 741. The minimum absolute atomic E-state index is 0.00586. The number of aryl methyl sites for hydroxylation is 1. The van der Waals surface area contributed by atoms with E-state index in [1.807, 2.05) is 31.2 Å². The van der Waals surface area contributed by atoms with Gasteiger partial charge in [-0.2, -0.15) is 0 Å². The topological polar surface area (TPSA) is 69.0 Å². The van der Waals surface area contributed by atoms with E-state index < -0.39 is 0 Å². The predicted octanol–water partition coefficient (Wildman–Crippen LogP) is 3.51. The lowest BCUT2D eigenvalue weighted by Gasteiger charge is -2.24. The number of carbonyl (C=O) groups is 1. The maximum Gasteiger partial charge on any atom is 0.230 e. The van der Waals surface area contributed by atoms with Crippen LogP contribution in [0.1, 0.15) is 49.5 Å². The lowest BCUT2D eigenvalue weighted by molar-refractivity contribution is -0.118. The van der Waals surface area contributed by atoms with Crippen LogP contribution in [0.5, 0.6) is 5.75 Å². The molecule has 1 heterocycles. The summed E-state index contributed by atoms with van der Waals surface area (Å²) in [6.07, 6.45) is 6.18. The lowest BCUT2D eigenvalue weighted by Crippen LogP contribution is -2.25. The number of hydrogen-bond acceptors (Lipinski definition) is 5. The van der Waals surface area contributed by atoms with Gasteiger partial charge in [-0.15, -0.1) is 10.2 Å². The molecule has 1 amide bonds. The number of amides is 1. The van der Waals surface area contributed by atoms with Gasteiger partial charge in [0.2, 0.25) is 5.91 Å². The molecule has 0 radical (unpaired) electrons. The van der Waals surface area contributed by atoms with Gasteiger partial charge in [0, 0.05) is 12.6 Å². The van der Waals surface area contributed by atoms with Crippen LogP contribution in [0.3, 0.4) is 0 Å². The summed E-state index contributed by atoms with van der Waals surface area (Å²) >= 11 is 1.47. The normalized spacial score (nSPS) is 15.0. The lowest BCUT2D eigenvalue weighted by atomic mass is 9.95. The highest BCUT2D eigenvalue weighted by Crippen LogP contribution is 2.32. The summed E-state index contributed by atoms with van der Waals surface area (Å²) in [6, 6.07) is 8.18. The number of ether oxygens (including phenoxy) is 1. The fraction of sp³-hybridized carbons (Fsp3) is 0.526. The molecule has 1 fully saturated rings. The number of carbonyl (C=O) groups excluding carboxylic acids is 1. The molecule has 3 rings (SSSR count). The Balaban J connectivity index is 1.53. The number of nitrogens with one attached hydrogen (secondary N) is 1. The van der Waals surface area contributed by atoms with Gasteiger partial charge < -0.3 is 14.6 Å². The summed E-state index contributed by atoms with van der Waals surface area (Å²) in [5, 5.41) is 12.3. The van der Waals surface area contributed by atoms with Crippen LogP contribution >= 0.6 is 11.8 Å². The molecular weight excluding hydrogens is 348 g/mol. The van der Waals surface area contributed by atoms with E-state index >= 15 is 0 Å². The molecule has 1 aromatic carbocycles. The molecule has 6 nitrogen and oxygen atoms in total. The molecule has 26 heavy (non-hydrogen) atoms. The number of methoxy groups -OCH3 is 1. The average molecular weight is 375 g/mol. The quantitative estimate of drug-likeness (QED) is 0.751. The number of rotatable bonds is 7. The van der Waals surface area contributed by atoms with E-state index in [2.05, 4.69) is 20.1 Å². The van der Waals surface area contributed by atoms with Crippen molar-refractivity contribution in [2.45, 2.75) is 56.8 Å². The SMILES string of the molecule is COc1cccc(CNC(=O)CSc2nnc(C)n2C2CCCCC2)c1. The van der Waals surface area contributed by atoms with Gasteiger partial charge in [0.25, 0.3) is 0 Å². The molecule has 0 spiro atoms. The first-order chi connectivity index (χ1) is 12.7. The Labute approximate surface area is 158 Å². The molecule has 0 aliphatic heterocycles. The molecule has 1 aromatic heterocycles. The number of aromatic nitrogens is 3. The van der Waals surface area contributed by atoms with Crippen molar-refractivity contribution in [3.05, 3.63) is 35.7 Å². The van der Waals surface area contributed by atoms with Crippen LogP contribution in [-0.2, 0) is 11.3 Å². The van der Waals surface area contributed by atoms with E-state index in [1.54, 1.807) is 7.11 Å². The van der Waals surface area contributed by atoms with Crippen molar-refractivity contribution in [1.29, 1.82) is 0 Å². The Kier molecular flexibility index (Phi) is 6.55. The van der Waals surface area contributed by atoms with E-state index in [-0.39, 0.29) is 5.91 Å². The number of benzene rings is 1. The minimum Gasteiger partial charge on any atom is -0.497 e. The molecule has 0 unspecified atom stereocenters. The first-order valence-electron chi connectivity index (χ1n) is 9.11. The van der Waals surface area contributed by atoms with Crippen LogP contribution in [-0.4, -0.2) is 33.5 Å². The van der Waals surface area contributed by atoms with Gasteiger partial charge in [-0.25, -0.2) is 0 Å². The van der Waals surface area contributed by atoms with Crippen molar-refractivity contribution >= 4 is 17.7 Å². The summed E-state index contributed by atoms with van der Waals surface area (Å²) in [7, 11) is 1.64. The van der Waals surface area contributed by atoms with Gasteiger partial charge in [0.05, 0.1) is 12.9 Å². The molecule has 1 saturated carbocycles. The third kappa shape index (κ3) is 4.78. The van der Waals surface area contributed by atoms with Crippen molar-refractivity contribution in [3.63, 3.8) is 0 Å². The van der Waals surface area contributed by atoms with Crippen molar-refractivity contribution in [2.24, 2.45) is 0 Å². The van der Waals surface area contributed by atoms with Crippen molar-refractivity contribution in [2.75, 3.05) is 12.9 Å². The molecule has 1 aliphatic carbocycles.